The number of carbonyl (C=O) groups excluding carboxylic acids is 1. The Kier molecular flexibility index (Phi) is 4.68. The number of nitrogens with zero attached hydrogens (tertiary/aromatic N) is 2. The molecule has 4 rings (SSSR count). The monoisotopic (exact) mass is 335 g/mol. The molecule has 2 fully saturated rings. The molecule has 1 amide bonds. The Labute approximate surface area is 149 Å². The van der Waals surface area contributed by atoms with E-state index in [1.54, 1.807) is 6.20 Å². The summed E-state index contributed by atoms with van der Waals surface area (Å²) in [5.74, 6) is 1.54. The predicted octanol–water partition coefficient (Wildman–Crippen LogP) is 4.07. The molecule has 130 valence electrons. The Balaban J connectivity index is 1.38. The first-order valence-corrected chi connectivity index (χ1v) is 9.36. The molecule has 0 bridgehead atoms. The van der Waals surface area contributed by atoms with E-state index in [4.69, 9.17) is 0 Å². The Morgan fingerprint density at radius 2 is 1.84 bits per heavy atom. The van der Waals surface area contributed by atoms with Crippen molar-refractivity contribution in [2.24, 2.45) is 0 Å². The van der Waals surface area contributed by atoms with Crippen LogP contribution in [0.15, 0.2) is 48.7 Å². The third kappa shape index (κ3) is 4.01. The highest BCUT2D eigenvalue weighted by molar-refractivity contribution is 5.94. The fraction of sp³-hybridized carbons (Fsp3) is 0.429. The minimum atomic E-state index is 0.110. The molecule has 2 heterocycles. The maximum Gasteiger partial charge on any atom is 0.255 e. The quantitative estimate of drug-likeness (QED) is 0.916. The van der Waals surface area contributed by atoms with Crippen LogP contribution in [0.25, 0.3) is 0 Å². The van der Waals surface area contributed by atoms with Crippen molar-refractivity contribution >= 4 is 11.7 Å². The Morgan fingerprint density at radius 3 is 2.56 bits per heavy atom. The van der Waals surface area contributed by atoms with Gasteiger partial charge in [0.2, 0.25) is 0 Å². The number of carbonyl (C=O) groups is 1. The van der Waals surface area contributed by atoms with E-state index in [-0.39, 0.29) is 5.91 Å². The van der Waals surface area contributed by atoms with Crippen molar-refractivity contribution < 1.29 is 4.79 Å². The van der Waals surface area contributed by atoms with E-state index < -0.39 is 0 Å². The Bertz CT molecular complexity index is 710. The third-order valence-corrected chi connectivity index (χ3v) is 5.23. The van der Waals surface area contributed by atoms with Gasteiger partial charge in [-0.25, -0.2) is 4.98 Å². The van der Waals surface area contributed by atoms with Crippen molar-refractivity contribution in [2.75, 3.05) is 18.4 Å². The molecule has 1 aromatic heterocycles. The molecule has 1 saturated heterocycles. The highest BCUT2D eigenvalue weighted by Gasteiger charge is 2.23. The van der Waals surface area contributed by atoms with Crippen molar-refractivity contribution in [2.45, 2.75) is 44.1 Å². The second kappa shape index (κ2) is 7.26. The first kappa shape index (κ1) is 16.1. The van der Waals surface area contributed by atoms with Crippen LogP contribution in [-0.2, 0) is 0 Å². The molecule has 0 unspecified atom stereocenters. The molecule has 4 nitrogen and oxygen atoms in total. The average molecular weight is 335 g/mol. The second-order valence-electron chi connectivity index (χ2n) is 7.18. The summed E-state index contributed by atoms with van der Waals surface area (Å²) in [4.78, 5) is 19.2. The van der Waals surface area contributed by atoms with E-state index in [9.17, 15) is 4.79 Å². The molecule has 0 radical (unpaired) electrons. The smallest absolute Gasteiger partial charge is 0.255 e. The van der Waals surface area contributed by atoms with Gasteiger partial charge >= 0.3 is 0 Å². The molecular formula is C21H25N3O. The third-order valence-electron chi connectivity index (χ3n) is 5.23. The van der Waals surface area contributed by atoms with Crippen LogP contribution in [-0.4, -0.2) is 34.9 Å². The van der Waals surface area contributed by atoms with Crippen LogP contribution in [0.1, 0.15) is 53.9 Å². The van der Waals surface area contributed by atoms with E-state index in [1.807, 2.05) is 17.0 Å². The van der Waals surface area contributed by atoms with Crippen LogP contribution in [0.4, 0.5) is 5.82 Å². The van der Waals surface area contributed by atoms with Crippen LogP contribution in [0, 0.1) is 0 Å². The first-order chi connectivity index (χ1) is 12.3. The number of pyridine rings is 1. The van der Waals surface area contributed by atoms with Gasteiger partial charge in [0.1, 0.15) is 5.82 Å². The lowest BCUT2D eigenvalue weighted by molar-refractivity contribution is 0.0760. The topological polar surface area (TPSA) is 45.2 Å². The van der Waals surface area contributed by atoms with Gasteiger partial charge in [0.05, 0.1) is 5.56 Å². The highest BCUT2D eigenvalue weighted by atomic mass is 16.2. The Morgan fingerprint density at radius 1 is 1.00 bits per heavy atom. The molecule has 2 aliphatic rings. The van der Waals surface area contributed by atoms with E-state index in [2.05, 4.69) is 40.6 Å². The number of hydrogen-bond acceptors (Lipinski definition) is 3. The molecule has 1 aliphatic heterocycles. The zero-order chi connectivity index (χ0) is 17.1. The fourth-order valence-corrected chi connectivity index (χ4v) is 3.58. The van der Waals surface area contributed by atoms with Crippen LogP contribution >= 0.6 is 0 Å². The number of hydrogen-bond donors (Lipinski definition) is 1. The standard InChI is InChI=1S/C21H25N3O/c25-21(18-8-11-20(22-15-18)23-19-9-10-19)24-13-4-7-17(12-14-24)16-5-2-1-3-6-16/h1-3,5-6,8,11,15,17,19H,4,7,9-10,12-14H2,(H,22,23)/t17-/m1/s1. The van der Waals surface area contributed by atoms with Gasteiger partial charge in [-0.3, -0.25) is 4.79 Å². The molecule has 4 heteroatoms. The van der Waals surface area contributed by atoms with Crippen LogP contribution in [0.2, 0.25) is 0 Å². The number of rotatable bonds is 4. The minimum absolute atomic E-state index is 0.110. The van der Waals surface area contributed by atoms with E-state index in [0.717, 1.165) is 38.2 Å². The molecule has 2 aromatic rings. The lowest BCUT2D eigenvalue weighted by Crippen LogP contribution is -2.32. The lowest BCUT2D eigenvalue weighted by atomic mass is 9.92. The highest BCUT2D eigenvalue weighted by Crippen LogP contribution is 2.28. The van der Waals surface area contributed by atoms with Gasteiger partial charge in [-0.15, -0.1) is 0 Å². The van der Waals surface area contributed by atoms with Gasteiger partial charge in [-0.2, -0.15) is 0 Å². The zero-order valence-electron chi connectivity index (χ0n) is 14.5. The molecule has 1 aliphatic carbocycles. The largest absolute Gasteiger partial charge is 0.367 e. The van der Waals surface area contributed by atoms with Gasteiger partial charge in [0.15, 0.2) is 0 Å². The van der Waals surface area contributed by atoms with Crippen LogP contribution in [0.5, 0.6) is 0 Å². The Hall–Kier alpha value is -2.36. The first-order valence-electron chi connectivity index (χ1n) is 9.36. The molecule has 1 atom stereocenters. The number of nitrogens with one attached hydrogen (secondary N) is 1. The summed E-state index contributed by atoms with van der Waals surface area (Å²) in [5.41, 5.74) is 2.09. The van der Waals surface area contributed by atoms with Crippen LogP contribution < -0.4 is 5.32 Å². The molecule has 0 spiro atoms. The van der Waals surface area contributed by atoms with Crippen molar-refractivity contribution in [3.8, 4) is 0 Å². The summed E-state index contributed by atoms with van der Waals surface area (Å²) in [6, 6.07) is 15.1. The molecular weight excluding hydrogens is 310 g/mol. The molecule has 1 aromatic carbocycles. The van der Waals surface area contributed by atoms with Crippen molar-refractivity contribution in [1.82, 2.24) is 9.88 Å². The summed E-state index contributed by atoms with van der Waals surface area (Å²) in [5, 5.41) is 3.36. The average Bonchev–Trinajstić information content (AvgIpc) is 3.49. The van der Waals surface area contributed by atoms with Gasteiger partial charge in [0.25, 0.3) is 5.91 Å². The minimum Gasteiger partial charge on any atom is -0.367 e. The van der Waals surface area contributed by atoms with Crippen molar-refractivity contribution in [3.63, 3.8) is 0 Å². The van der Waals surface area contributed by atoms with E-state index in [1.165, 1.54) is 18.4 Å². The van der Waals surface area contributed by atoms with E-state index in [0.29, 0.717) is 17.5 Å². The zero-order valence-corrected chi connectivity index (χ0v) is 14.5. The normalized spacial score (nSPS) is 20.8. The fourth-order valence-electron chi connectivity index (χ4n) is 3.58. The number of aromatic nitrogens is 1. The second-order valence-corrected chi connectivity index (χ2v) is 7.18. The van der Waals surface area contributed by atoms with Gasteiger partial charge in [0, 0.05) is 25.3 Å². The molecule has 25 heavy (non-hydrogen) atoms. The number of amides is 1. The van der Waals surface area contributed by atoms with Gasteiger partial charge < -0.3 is 10.2 Å². The summed E-state index contributed by atoms with van der Waals surface area (Å²) < 4.78 is 0. The molecule has 1 saturated carbocycles. The van der Waals surface area contributed by atoms with Gasteiger partial charge in [-0.1, -0.05) is 30.3 Å². The summed E-state index contributed by atoms with van der Waals surface area (Å²) in [6.07, 6.45) is 7.39. The number of likely N-dealkylation sites (tertiary alicyclic amines) is 1. The predicted molar refractivity (Wildman–Crippen MR) is 99.8 cm³/mol. The lowest BCUT2D eigenvalue weighted by Gasteiger charge is -2.21. The number of anilines is 1. The van der Waals surface area contributed by atoms with Crippen LogP contribution in [0.3, 0.4) is 0 Å². The van der Waals surface area contributed by atoms with Crippen molar-refractivity contribution in [1.29, 1.82) is 0 Å². The summed E-state index contributed by atoms with van der Waals surface area (Å²) in [6.45, 7) is 1.66. The summed E-state index contributed by atoms with van der Waals surface area (Å²) >= 11 is 0. The van der Waals surface area contributed by atoms with E-state index >= 15 is 0 Å². The SMILES string of the molecule is O=C(c1ccc(NC2CC2)nc1)N1CCC[C@@H](c2ccccc2)CC1. The maximum absolute atomic E-state index is 12.8. The van der Waals surface area contributed by atoms with Gasteiger partial charge in [-0.05, 0) is 55.7 Å². The number of benzene rings is 1. The molecule has 1 N–H and O–H groups in total. The summed E-state index contributed by atoms with van der Waals surface area (Å²) in [7, 11) is 0. The maximum atomic E-state index is 12.8. The van der Waals surface area contributed by atoms with Crippen molar-refractivity contribution in [3.05, 3.63) is 59.8 Å².